The van der Waals surface area contributed by atoms with Gasteiger partial charge in [0.1, 0.15) is 12.6 Å². The highest BCUT2D eigenvalue weighted by molar-refractivity contribution is 5.52. The average Bonchev–Trinajstić information content (AvgIpc) is 2.45. The van der Waals surface area contributed by atoms with Gasteiger partial charge in [-0.2, -0.15) is 0 Å². The first-order valence-electron chi connectivity index (χ1n) is 10.0. The monoisotopic (exact) mass is 352 g/mol. The molecule has 25 heavy (non-hydrogen) atoms. The van der Waals surface area contributed by atoms with E-state index in [-0.39, 0.29) is 5.92 Å². The molecule has 0 aliphatic rings. The molecule has 0 radical (unpaired) electrons. The van der Waals surface area contributed by atoms with Crippen LogP contribution in [0.5, 0.6) is 0 Å². The normalized spacial score (nSPS) is 14.6. The Labute approximate surface area is 157 Å². The van der Waals surface area contributed by atoms with Gasteiger partial charge in [-0.05, 0) is 56.8 Å². The molecule has 0 saturated heterocycles. The maximum atomic E-state index is 10.4. The van der Waals surface area contributed by atoms with Crippen molar-refractivity contribution in [2.45, 2.75) is 100 Å². The summed E-state index contributed by atoms with van der Waals surface area (Å²) in [5, 5.41) is 0. The smallest absolute Gasteiger partial charge is 0.122 e. The largest absolute Gasteiger partial charge is 0.303 e. The fraction of sp³-hybridized carbons (Fsp3) is 0.826. The summed E-state index contributed by atoms with van der Waals surface area (Å²) >= 11 is 0. The minimum Gasteiger partial charge on any atom is -0.303 e. The van der Waals surface area contributed by atoms with Crippen LogP contribution in [0.1, 0.15) is 100 Å². The Balaban J connectivity index is 0. The maximum Gasteiger partial charge on any atom is 0.122 e. The van der Waals surface area contributed by atoms with Gasteiger partial charge in [0.25, 0.3) is 0 Å². The zero-order valence-electron chi connectivity index (χ0n) is 18.2. The highest BCUT2D eigenvalue weighted by atomic mass is 16.1. The summed E-state index contributed by atoms with van der Waals surface area (Å²) < 4.78 is 0. The predicted octanol–water partition coefficient (Wildman–Crippen LogP) is 7.02. The van der Waals surface area contributed by atoms with E-state index in [0.717, 1.165) is 31.3 Å². The number of carbonyl (C=O) groups excluding carboxylic acids is 2. The Kier molecular flexibility index (Phi) is 16.1. The lowest BCUT2D eigenvalue weighted by Gasteiger charge is -2.21. The van der Waals surface area contributed by atoms with Crippen molar-refractivity contribution in [1.29, 1.82) is 0 Å². The van der Waals surface area contributed by atoms with Gasteiger partial charge in [0, 0.05) is 12.3 Å². The molecule has 3 atom stereocenters. The van der Waals surface area contributed by atoms with Crippen molar-refractivity contribution in [3.8, 4) is 0 Å². The molecule has 0 N–H and O–H groups in total. The van der Waals surface area contributed by atoms with Crippen molar-refractivity contribution >= 4 is 12.6 Å². The Bertz CT molecular complexity index is 359. The number of hydrogen-bond donors (Lipinski definition) is 0. The van der Waals surface area contributed by atoms with E-state index in [1.807, 2.05) is 6.92 Å². The molecule has 2 nitrogen and oxygen atoms in total. The van der Waals surface area contributed by atoms with E-state index in [2.05, 4.69) is 54.5 Å². The van der Waals surface area contributed by atoms with Gasteiger partial charge in [-0.3, -0.25) is 0 Å². The van der Waals surface area contributed by atoms with E-state index in [0.29, 0.717) is 17.8 Å². The van der Waals surface area contributed by atoms with Gasteiger partial charge in [0.15, 0.2) is 0 Å². The van der Waals surface area contributed by atoms with Gasteiger partial charge in [-0.25, -0.2) is 0 Å². The van der Waals surface area contributed by atoms with Crippen LogP contribution < -0.4 is 0 Å². The SMILES string of the molecule is CC(C)=CCCC(C)CCCC(C)C=O.CC(CC=O)CC(C)(C)C. The maximum absolute atomic E-state index is 10.4. The van der Waals surface area contributed by atoms with E-state index in [1.165, 1.54) is 31.3 Å². The second-order valence-electron chi connectivity index (χ2n) is 9.28. The molecule has 2 heteroatoms. The number of aldehydes is 2. The third-order valence-corrected chi connectivity index (χ3v) is 4.26. The molecule has 148 valence electrons. The van der Waals surface area contributed by atoms with Crippen LogP contribution in [0.25, 0.3) is 0 Å². The lowest BCUT2D eigenvalue weighted by atomic mass is 9.84. The first-order valence-corrected chi connectivity index (χ1v) is 10.0. The summed E-state index contributed by atoms with van der Waals surface area (Å²) in [6, 6.07) is 0. The number of hydrogen-bond acceptors (Lipinski definition) is 2. The molecule has 0 bridgehead atoms. The summed E-state index contributed by atoms with van der Waals surface area (Å²) in [7, 11) is 0. The predicted molar refractivity (Wildman–Crippen MR) is 111 cm³/mol. The molecule has 0 aromatic carbocycles. The van der Waals surface area contributed by atoms with Crippen LogP contribution in [0.15, 0.2) is 11.6 Å². The van der Waals surface area contributed by atoms with Crippen molar-refractivity contribution in [2.75, 3.05) is 0 Å². The molecule has 0 aliphatic heterocycles. The van der Waals surface area contributed by atoms with Gasteiger partial charge in [-0.15, -0.1) is 0 Å². The van der Waals surface area contributed by atoms with Crippen molar-refractivity contribution in [3.63, 3.8) is 0 Å². The Hall–Kier alpha value is -0.920. The number of rotatable bonds is 11. The summed E-state index contributed by atoms with van der Waals surface area (Å²) in [4.78, 5) is 20.5. The average molecular weight is 353 g/mol. The van der Waals surface area contributed by atoms with E-state index in [1.54, 1.807) is 0 Å². The zero-order chi connectivity index (χ0) is 19.9. The molecule has 3 unspecified atom stereocenters. The van der Waals surface area contributed by atoms with Crippen LogP contribution >= 0.6 is 0 Å². The fourth-order valence-electron chi connectivity index (χ4n) is 2.95. The van der Waals surface area contributed by atoms with Gasteiger partial charge in [0.05, 0.1) is 0 Å². The summed E-state index contributed by atoms with van der Waals surface area (Å²) in [5.74, 6) is 1.58. The Morgan fingerprint density at radius 2 is 1.52 bits per heavy atom. The molecule has 0 spiro atoms. The molecule has 0 amide bonds. The van der Waals surface area contributed by atoms with Crippen LogP contribution in [0.3, 0.4) is 0 Å². The minimum atomic E-state index is 0.245. The van der Waals surface area contributed by atoms with Crippen molar-refractivity contribution in [1.82, 2.24) is 0 Å². The summed E-state index contributed by atoms with van der Waals surface area (Å²) in [6.45, 7) is 17.3. The quantitative estimate of drug-likeness (QED) is 0.296. The second-order valence-corrected chi connectivity index (χ2v) is 9.28. The number of allylic oxidation sites excluding steroid dienone is 2. The van der Waals surface area contributed by atoms with Crippen LogP contribution in [0.2, 0.25) is 0 Å². The standard InChI is InChI=1S/C14H26O.C9H18O/c1-12(2)7-5-8-13(3)9-6-10-14(4)11-15;1-8(5-6-10)7-9(2,3)4/h7,11,13-14H,5-6,8-10H2,1-4H3;6,8H,5,7H2,1-4H3. The second kappa shape index (κ2) is 15.3. The molecule has 0 rings (SSSR count). The lowest BCUT2D eigenvalue weighted by molar-refractivity contribution is -0.111. The van der Waals surface area contributed by atoms with E-state index in [4.69, 9.17) is 0 Å². The molecule has 0 aromatic heterocycles. The zero-order valence-corrected chi connectivity index (χ0v) is 18.2. The van der Waals surface area contributed by atoms with E-state index >= 15 is 0 Å². The van der Waals surface area contributed by atoms with E-state index in [9.17, 15) is 9.59 Å². The fourth-order valence-corrected chi connectivity index (χ4v) is 2.95. The summed E-state index contributed by atoms with van der Waals surface area (Å²) in [6.07, 6.45) is 12.2. The molecular weight excluding hydrogens is 308 g/mol. The highest BCUT2D eigenvalue weighted by Crippen LogP contribution is 2.25. The third-order valence-electron chi connectivity index (χ3n) is 4.26. The Morgan fingerprint density at radius 3 is 1.96 bits per heavy atom. The van der Waals surface area contributed by atoms with Crippen LogP contribution in [0, 0.1) is 23.2 Å². The van der Waals surface area contributed by atoms with Crippen molar-refractivity contribution < 1.29 is 9.59 Å². The molecule has 0 aliphatic carbocycles. The molecule has 0 aromatic rings. The molecule has 0 fully saturated rings. The van der Waals surface area contributed by atoms with Crippen molar-refractivity contribution in [3.05, 3.63) is 11.6 Å². The van der Waals surface area contributed by atoms with Gasteiger partial charge in [-0.1, -0.05) is 66.0 Å². The van der Waals surface area contributed by atoms with Crippen LogP contribution in [0.4, 0.5) is 0 Å². The van der Waals surface area contributed by atoms with Gasteiger partial charge in [0.2, 0.25) is 0 Å². The minimum absolute atomic E-state index is 0.245. The van der Waals surface area contributed by atoms with E-state index < -0.39 is 0 Å². The van der Waals surface area contributed by atoms with Crippen LogP contribution in [-0.4, -0.2) is 12.6 Å². The van der Waals surface area contributed by atoms with Crippen molar-refractivity contribution in [2.24, 2.45) is 23.2 Å². The summed E-state index contributed by atoms with van der Waals surface area (Å²) in [5.41, 5.74) is 1.78. The lowest BCUT2D eigenvalue weighted by Crippen LogP contribution is -2.11. The first kappa shape index (κ1) is 26.3. The highest BCUT2D eigenvalue weighted by Gasteiger charge is 2.14. The third kappa shape index (κ3) is 23.1. The number of carbonyl (C=O) groups is 2. The Morgan fingerprint density at radius 1 is 0.920 bits per heavy atom. The van der Waals surface area contributed by atoms with Gasteiger partial charge >= 0.3 is 0 Å². The first-order chi connectivity index (χ1) is 11.5. The molecule has 0 saturated carbocycles. The van der Waals surface area contributed by atoms with Crippen LogP contribution in [-0.2, 0) is 9.59 Å². The molecule has 0 heterocycles. The van der Waals surface area contributed by atoms with Gasteiger partial charge < -0.3 is 9.59 Å². The topological polar surface area (TPSA) is 34.1 Å². The molecular formula is C23H44O2.